The molecule has 0 fully saturated rings. The van der Waals surface area contributed by atoms with E-state index in [9.17, 15) is 4.79 Å². The van der Waals surface area contributed by atoms with Crippen LogP contribution in [-0.4, -0.2) is 18.8 Å². The first-order chi connectivity index (χ1) is 10.2. The van der Waals surface area contributed by atoms with Crippen LogP contribution < -0.4 is 4.74 Å². The largest absolute Gasteiger partial charge is 0.494 e. The predicted molar refractivity (Wildman–Crippen MR) is 81.8 cm³/mol. The Kier molecular flexibility index (Phi) is 5.10. The Morgan fingerprint density at radius 1 is 1.10 bits per heavy atom. The quantitative estimate of drug-likeness (QED) is 0.478. The first-order valence-corrected chi connectivity index (χ1v) is 6.73. The van der Waals surface area contributed by atoms with E-state index in [-0.39, 0.29) is 0 Å². The number of hydrogen-bond donors (Lipinski definition) is 0. The summed E-state index contributed by atoms with van der Waals surface area (Å²) in [5.41, 5.74) is 2.39. The highest BCUT2D eigenvalue weighted by molar-refractivity contribution is 5.90. The van der Waals surface area contributed by atoms with Crippen molar-refractivity contribution in [1.29, 1.82) is 0 Å². The maximum Gasteiger partial charge on any atom is 0.365 e. The summed E-state index contributed by atoms with van der Waals surface area (Å²) in [7, 11) is 0. The van der Waals surface area contributed by atoms with E-state index in [1.165, 1.54) is 6.21 Å². The molecule has 2 rings (SSSR count). The van der Waals surface area contributed by atoms with Crippen molar-refractivity contribution in [3.8, 4) is 5.75 Å². The molecule has 0 atom stereocenters. The molecule has 2 aromatic rings. The summed E-state index contributed by atoms with van der Waals surface area (Å²) in [6.07, 6.45) is 1.49. The van der Waals surface area contributed by atoms with Crippen molar-refractivity contribution < 1.29 is 14.4 Å². The van der Waals surface area contributed by atoms with E-state index in [0.29, 0.717) is 12.2 Å². The van der Waals surface area contributed by atoms with Gasteiger partial charge in [0.05, 0.1) is 18.4 Å². The van der Waals surface area contributed by atoms with Crippen molar-refractivity contribution in [1.82, 2.24) is 0 Å². The third-order valence-corrected chi connectivity index (χ3v) is 2.82. The summed E-state index contributed by atoms with van der Waals surface area (Å²) in [5.74, 6) is 0.323. The molecule has 0 saturated heterocycles. The van der Waals surface area contributed by atoms with Gasteiger partial charge in [0.1, 0.15) is 5.75 Å². The van der Waals surface area contributed by atoms with Crippen LogP contribution in [0.3, 0.4) is 0 Å². The van der Waals surface area contributed by atoms with Crippen molar-refractivity contribution in [2.24, 2.45) is 5.16 Å². The molecule has 0 aromatic heterocycles. The zero-order valence-corrected chi connectivity index (χ0v) is 12.1. The highest BCUT2D eigenvalue weighted by Gasteiger charge is 2.05. The number of ether oxygens (including phenoxy) is 1. The molecule has 0 heterocycles. The lowest BCUT2D eigenvalue weighted by Crippen LogP contribution is -2.00. The molecular formula is C17H17NO3. The van der Waals surface area contributed by atoms with Crippen LogP contribution in [-0.2, 0) is 4.84 Å². The molecular weight excluding hydrogens is 266 g/mol. The maximum absolute atomic E-state index is 11.7. The average Bonchev–Trinajstić information content (AvgIpc) is 2.50. The number of hydrogen-bond acceptors (Lipinski definition) is 4. The van der Waals surface area contributed by atoms with E-state index < -0.39 is 5.97 Å². The smallest absolute Gasteiger partial charge is 0.365 e. The van der Waals surface area contributed by atoms with Gasteiger partial charge in [0, 0.05) is 0 Å². The van der Waals surface area contributed by atoms with Crippen LogP contribution in [0.5, 0.6) is 5.75 Å². The van der Waals surface area contributed by atoms with E-state index in [4.69, 9.17) is 9.57 Å². The van der Waals surface area contributed by atoms with Gasteiger partial charge in [0.25, 0.3) is 0 Å². The van der Waals surface area contributed by atoms with E-state index in [2.05, 4.69) is 5.16 Å². The number of benzene rings is 2. The van der Waals surface area contributed by atoms with Gasteiger partial charge in [-0.1, -0.05) is 22.9 Å². The molecule has 4 heteroatoms. The third-order valence-electron chi connectivity index (χ3n) is 2.82. The van der Waals surface area contributed by atoms with Gasteiger partial charge in [0.2, 0.25) is 0 Å². The maximum atomic E-state index is 11.7. The minimum atomic E-state index is -0.475. The summed E-state index contributed by atoms with van der Waals surface area (Å²) in [4.78, 5) is 16.6. The molecule has 0 amide bonds. The Bertz CT molecular complexity index is 615. The van der Waals surface area contributed by atoms with Crippen LogP contribution in [0.2, 0.25) is 0 Å². The zero-order chi connectivity index (χ0) is 15.1. The van der Waals surface area contributed by atoms with Crippen molar-refractivity contribution in [3.05, 3.63) is 65.2 Å². The molecule has 0 saturated carbocycles. The molecule has 108 valence electrons. The summed E-state index contributed by atoms with van der Waals surface area (Å²) in [6, 6.07) is 14.5. The van der Waals surface area contributed by atoms with Gasteiger partial charge in [-0.05, 0) is 55.8 Å². The SMILES string of the molecule is CCOc1ccc(C=NOC(=O)c2ccc(C)cc2)cc1. The first kappa shape index (κ1) is 14.8. The molecule has 0 N–H and O–H groups in total. The third kappa shape index (κ3) is 4.45. The number of oxime groups is 1. The molecule has 21 heavy (non-hydrogen) atoms. The van der Waals surface area contributed by atoms with Gasteiger partial charge >= 0.3 is 5.97 Å². The van der Waals surface area contributed by atoms with Gasteiger partial charge in [0.15, 0.2) is 0 Å². The number of aryl methyl sites for hydroxylation is 1. The van der Waals surface area contributed by atoms with Gasteiger partial charge < -0.3 is 9.57 Å². The Morgan fingerprint density at radius 3 is 2.38 bits per heavy atom. The molecule has 0 radical (unpaired) electrons. The lowest BCUT2D eigenvalue weighted by molar-refractivity contribution is 0.0519. The van der Waals surface area contributed by atoms with Crippen LogP contribution in [0.25, 0.3) is 0 Å². The Morgan fingerprint density at radius 2 is 1.76 bits per heavy atom. The molecule has 0 unspecified atom stereocenters. The molecule has 0 spiro atoms. The second kappa shape index (κ2) is 7.24. The summed E-state index contributed by atoms with van der Waals surface area (Å²) < 4.78 is 5.34. The number of carbonyl (C=O) groups excluding carboxylic acids is 1. The molecule has 0 aliphatic rings. The normalized spacial score (nSPS) is 10.6. The number of rotatable bonds is 5. The molecule has 4 nitrogen and oxygen atoms in total. The van der Waals surface area contributed by atoms with E-state index in [1.54, 1.807) is 12.1 Å². The number of nitrogens with zero attached hydrogens (tertiary/aromatic N) is 1. The van der Waals surface area contributed by atoms with Gasteiger partial charge in [-0.3, -0.25) is 0 Å². The van der Waals surface area contributed by atoms with Crippen LogP contribution in [0, 0.1) is 6.92 Å². The lowest BCUT2D eigenvalue weighted by atomic mass is 10.2. The Labute approximate surface area is 124 Å². The minimum Gasteiger partial charge on any atom is -0.494 e. The minimum absolute atomic E-state index is 0.475. The molecule has 0 aliphatic heterocycles. The van der Waals surface area contributed by atoms with Crippen LogP contribution in [0.1, 0.15) is 28.4 Å². The lowest BCUT2D eigenvalue weighted by Gasteiger charge is -2.02. The van der Waals surface area contributed by atoms with Gasteiger partial charge in [-0.15, -0.1) is 0 Å². The highest BCUT2D eigenvalue weighted by atomic mass is 16.7. The standard InChI is InChI=1S/C17H17NO3/c1-3-20-16-10-6-14(7-11-16)12-18-21-17(19)15-8-4-13(2)5-9-15/h4-12H,3H2,1-2H3. The van der Waals surface area contributed by atoms with E-state index in [1.807, 2.05) is 50.2 Å². The van der Waals surface area contributed by atoms with E-state index in [0.717, 1.165) is 16.9 Å². The highest BCUT2D eigenvalue weighted by Crippen LogP contribution is 2.11. The summed E-state index contributed by atoms with van der Waals surface area (Å²) in [5, 5.41) is 3.70. The average molecular weight is 283 g/mol. The van der Waals surface area contributed by atoms with Crippen LogP contribution in [0.4, 0.5) is 0 Å². The van der Waals surface area contributed by atoms with Crippen molar-refractivity contribution >= 4 is 12.2 Å². The second-order valence-electron chi connectivity index (χ2n) is 4.48. The van der Waals surface area contributed by atoms with Gasteiger partial charge in [-0.25, -0.2) is 4.79 Å². The summed E-state index contributed by atoms with van der Waals surface area (Å²) in [6.45, 7) is 4.51. The molecule has 2 aromatic carbocycles. The predicted octanol–water partition coefficient (Wildman–Crippen LogP) is 3.58. The monoisotopic (exact) mass is 283 g/mol. The topological polar surface area (TPSA) is 47.9 Å². The van der Waals surface area contributed by atoms with Crippen molar-refractivity contribution in [2.45, 2.75) is 13.8 Å². The fourth-order valence-corrected chi connectivity index (χ4v) is 1.69. The van der Waals surface area contributed by atoms with Gasteiger partial charge in [-0.2, -0.15) is 0 Å². The Balaban J connectivity index is 1.92. The van der Waals surface area contributed by atoms with Crippen molar-refractivity contribution in [2.75, 3.05) is 6.61 Å². The second-order valence-corrected chi connectivity index (χ2v) is 4.48. The molecule has 0 aliphatic carbocycles. The van der Waals surface area contributed by atoms with Crippen LogP contribution in [0.15, 0.2) is 53.7 Å². The fraction of sp³-hybridized carbons (Fsp3) is 0.176. The number of carbonyl (C=O) groups is 1. The fourth-order valence-electron chi connectivity index (χ4n) is 1.69. The van der Waals surface area contributed by atoms with Crippen LogP contribution >= 0.6 is 0 Å². The van der Waals surface area contributed by atoms with E-state index >= 15 is 0 Å². The molecule has 0 bridgehead atoms. The Hall–Kier alpha value is -2.62. The zero-order valence-electron chi connectivity index (χ0n) is 12.1. The summed E-state index contributed by atoms with van der Waals surface area (Å²) >= 11 is 0. The van der Waals surface area contributed by atoms with Crippen molar-refractivity contribution in [3.63, 3.8) is 0 Å². The first-order valence-electron chi connectivity index (χ1n) is 6.73.